The Morgan fingerprint density at radius 3 is 2.68 bits per heavy atom. The number of carbonyl (C=O) groups excluding carboxylic acids is 1. The highest BCUT2D eigenvalue weighted by atomic mass is 16.2. The van der Waals surface area contributed by atoms with Crippen molar-refractivity contribution in [3.63, 3.8) is 0 Å². The summed E-state index contributed by atoms with van der Waals surface area (Å²) < 4.78 is 1.36. The Kier molecular flexibility index (Phi) is 4.04. The van der Waals surface area contributed by atoms with Crippen LogP contribution in [0.15, 0.2) is 21.9 Å². The second-order valence-corrected chi connectivity index (χ2v) is 6.40. The van der Waals surface area contributed by atoms with Gasteiger partial charge in [0.1, 0.15) is 0 Å². The van der Waals surface area contributed by atoms with E-state index in [1.165, 1.54) is 48.9 Å². The number of aromatic amines is 1. The molecule has 0 atom stereocenters. The van der Waals surface area contributed by atoms with Crippen molar-refractivity contribution < 1.29 is 4.79 Å². The topological polar surface area (TPSA) is 96.0 Å². The van der Waals surface area contributed by atoms with Crippen molar-refractivity contribution in [2.45, 2.75) is 38.6 Å². The summed E-state index contributed by atoms with van der Waals surface area (Å²) in [5.41, 5.74) is -0.526. The first-order chi connectivity index (χ1) is 10.6. The van der Waals surface area contributed by atoms with Crippen molar-refractivity contribution in [3.05, 3.63) is 33.1 Å². The summed E-state index contributed by atoms with van der Waals surface area (Å²) in [6.45, 7) is 1.42. The SMILES string of the molecule is O=C(NCCn1ccc(=O)[nH]c1=O)NCC1(C2CC2)CCC1. The zero-order chi connectivity index (χ0) is 15.6. The lowest BCUT2D eigenvalue weighted by Gasteiger charge is -2.42. The molecule has 0 spiro atoms. The lowest BCUT2D eigenvalue weighted by atomic mass is 9.65. The molecule has 0 aromatic carbocycles. The number of H-pyrrole nitrogens is 1. The summed E-state index contributed by atoms with van der Waals surface area (Å²) >= 11 is 0. The molecule has 0 bridgehead atoms. The van der Waals surface area contributed by atoms with Gasteiger partial charge in [-0.05, 0) is 37.0 Å². The molecule has 120 valence electrons. The molecule has 22 heavy (non-hydrogen) atoms. The average Bonchev–Trinajstić information content (AvgIpc) is 3.25. The predicted molar refractivity (Wildman–Crippen MR) is 81.7 cm³/mol. The molecule has 1 aromatic rings. The average molecular weight is 306 g/mol. The van der Waals surface area contributed by atoms with Crippen LogP contribution in [0.1, 0.15) is 32.1 Å². The van der Waals surface area contributed by atoms with Crippen molar-refractivity contribution in [1.29, 1.82) is 0 Å². The van der Waals surface area contributed by atoms with E-state index in [0.29, 0.717) is 18.5 Å². The van der Waals surface area contributed by atoms with E-state index in [-0.39, 0.29) is 6.03 Å². The maximum absolute atomic E-state index is 11.8. The quantitative estimate of drug-likeness (QED) is 0.710. The van der Waals surface area contributed by atoms with E-state index >= 15 is 0 Å². The van der Waals surface area contributed by atoms with E-state index in [1.54, 1.807) is 0 Å². The lowest BCUT2D eigenvalue weighted by Crippen LogP contribution is -2.47. The highest BCUT2D eigenvalue weighted by Gasteiger charge is 2.48. The molecule has 1 aromatic heterocycles. The van der Waals surface area contributed by atoms with Crippen LogP contribution in [0.4, 0.5) is 4.79 Å². The largest absolute Gasteiger partial charge is 0.338 e. The number of amides is 2. The number of nitrogens with zero attached hydrogens (tertiary/aromatic N) is 1. The highest BCUT2D eigenvalue weighted by Crippen LogP contribution is 2.56. The molecule has 3 N–H and O–H groups in total. The molecule has 2 amide bonds. The zero-order valence-corrected chi connectivity index (χ0v) is 12.6. The Morgan fingerprint density at radius 1 is 1.32 bits per heavy atom. The third kappa shape index (κ3) is 3.23. The summed E-state index contributed by atoms with van der Waals surface area (Å²) in [5.74, 6) is 0.807. The minimum Gasteiger partial charge on any atom is -0.338 e. The monoisotopic (exact) mass is 306 g/mol. The van der Waals surface area contributed by atoms with Crippen LogP contribution in [0.5, 0.6) is 0 Å². The van der Waals surface area contributed by atoms with Crippen LogP contribution >= 0.6 is 0 Å². The van der Waals surface area contributed by atoms with E-state index in [4.69, 9.17) is 0 Å². The van der Waals surface area contributed by atoms with Crippen LogP contribution in [0.3, 0.4) is 0 Å². The van der Waals surface area contributed by atoms with E-state index in [1.807, 2.05) is 0 Å². The fraction of sp³-hybridized carbons (Fsp3) is 0.667. The first kappa shape index (κ1) is 14.9. The van der Waals surface area contributed by atoms with Gasteiger partial charge in [-0.25, -0.2) is 9.59 Å². The maximum atomic E-state index is 11.8. The van der Waals surface area contributed by atoms with Gasteiger partial charge in [-0.3, -0.25) is 14.3 Å². The third-order valence-electron chi connectivity index (χ3n) is 4.93. The van der Waals surface area contributed by atoms with Crippen LogP contribution in [0.25, 0.3) is 0 Å². The number of carbonyl (C=O) groups is 1. The normalized spacial score (nSPS) is 19.3. The van der Waals surface area contributed by atoms with Gasteiger partial charge in [-0.1, -0.05) is 6.42 Å². The molecule has 7 nitrogen and oxygen atoms in total. The summed E-state index contributed by atoms with van der Waals surface area (Å²) in [6.07, 6.45) is 7.76. The van der Waals surface area contributed by atoms with E-state index in [0.717, 1.165) is 12.5 Å². The fourth-order valence-electron chi connectivity index (χ4n) is 3.28. The second kappa shape index (κ2) is 5.98. The Morgan fingerprint density at radius 2 is 2.09 bits per heavy atom. The Labute approximate surface area is 128 Å². The minimum absolute atomic E-state index is 0.190. The van der Waals surface area contributed by atoms with Gasteiger partial charge in [0.05, 0.1) is 0 Å². The molecule has 2 fully saturated rings. The van der Waals surface area contributed by atoms with Gasteiger partial charge in [-0.2, -0.15) is 0 Å². The zero-order valence-electron chi connectivity index (χ0n) is 12.6. The Hall–Kier alpha value is -2.05. The van der Waals surface area contributed by atoms with Gasteiger partial charge in [0.25, 0.3) is 5.56 Å². The Bertz CT molecular complexity index is 655. The number of urea groups is 1. The molecular formula is C15H22N4O3. The van der Waals surface area contributed by atoms with Crippen LogP contribution in [-0.2, 0) is 6.54 Å². The van der Waals surface area contributed by atoms with Crippen molar-refractivity contribution in [2.75, 3.05) is 13.1 Å². The molecule has 2 aliphatic rings. The summed E-state index contributed by atoms with van der Waals surface area (Å²) in [7, 11) is 0. The molecule has 0 saturated heterocycles. The molecule has 0 radical (unpaired) electrons. The maximum Gasteiger partial charge on any atom is 0.328 e. The molecule has 1 heterocycles. The van der Waals surface area contributed by atoms with Crippen LogP contribution in [-0.4, -0.2) is 28.7 Å². The summed E-state index contributed by atoms with van der Waals surface area (Å²) in [4.78, 5) is 36.4. The molecular weight excluding hydrogens is 284 g/mol. The first-order valence-corrected chi connectivity index (χ1v) is 7.91. The summed E-state index contributed by atoms with van der Waals surface area (Å²) in [5, 5.41) is 5.71. The van der Waals surface area contributed by atoms with Gasteiger partial charge in [0.2, 0.25) is 0 Å². The molecule has 3 rings (SSSR count). The van der Waals surface area contributed by atoms with E-state index in [9.17, 15) is 14.4 Å². The van der Waals surface area contributed by atoms with Crippen molar-refractivity contribution in [1.82, 2.24) is 20.2 Å². The fourth-order valence-corrected chi connectivity index (χ4v) is 3.28. The highest BCUT2D eigenvalue weighted by molar-refractivity contribution is 5.73. The molecule has 0 unspecified atom stereocenters. The standard InChI is InChI=1S/C15H22N4O3/c20-12-4-8-19(14(22)18-12)9-7-16-13(21)17-10-15(5-1-6-15)11-2-3-11/h4,8,11H,1-3,5-7,9-10H2,(H2,16,17,21)(H,18,20,22). The van der Waals surface area contributed by atoms with Crippen molar-refractivity contribution in [2.24, 2.45) is 11.3 Å². The first-order valence-electron chi connectivity index (χ1n) is 7.91. The van der Waals surface area contributed by atoms with Crippen molar-refractivity contribution in [3.8, 4) is 0 Å². The number of hydrogen-bond acceptors (Lipinski definition) is 3. The van der Waals surface area contributed by atoms with Gasteiger partial charge < -0.3 is 10.6 Å². The smallest absolute Gasteiger partial charge is 0.328 e. The van der Waals surface area contributed by atoms with Gasteiger partial charge in [0, 0.05) is 31.9 Å². The number of nitrogens with one attached hydrogen (secondary N) is 3. The van der Waals surface area contributed by atoms with E-state index in [2.05, 4.69) is 15.6 Å². The molecule has 2 saturated carbocycles. The summed E-state index contributed by atoms with van der Waals surface area (Å²) in [6, 6.07) is 1.10. The minimum atomic E-state index is -0.461. The Balaban J connectivity index is 1.41. The van der Waals surface area contributed by atoms with Gasteiger partial charge in [-0.15, -0.1) is 0 Å². The number of rotatable bonds is 6. The third-order valence-corrected chi connectivity index (χ3v) is 4.93. The number of aromatic nitrogens is 2. The van der Waals surface area contributed by atoms with Gasteiger partial charge in [0.15, 0.2) is 0 Å². The lowest BCUT2D eigenvalue weighted by molar-refractivity contribution is 0.102. The van der Waals surface area contributed by atoms with E-state index < -0.39 is 11.2 Å². The molecule has 2 aliphatic carbocycles. The van der Waals surface area contributed by atoms with Crippen LogP contribution in [0.2, 0.25) is 0 Å². The van der Waals surface area contributed by atoms with Gasteiger partial charge >= 0.3 is 11.7 Å². The van der Waals surface area contributed by atoms with Crippen molar-refractivity contribution >= 4 is 6.03 Å². The second-order valence-electron chi connectivity index (χ2n) is 6.40. The molecule has 7 heteroatoms. The van der Waals surface area contributed by atoms with Crippen LogP contribution < -0.4 is 21.9 Å². The number of hydrogen-bond donors (Lipinski definition) is 3. The van der Waals surface area contributed by atoms with Crippen LogP contribution in [0, 0.1) is 11.3 Å². The predicted octanol–water partition coefficient (Wildman–Crippen LogP) is 0.416. The molecule has 0 aliphatic heterocycles.